The summed E-state index contributed by atoms with van der Waals surface area (Å²) < 4.78 is 0. The van der Waals surface area contributed by atoms with Crippen LogP contribution in [0.25, 0.3) is 0 Å². The third-order valence-electron chi connectivity index (χ3n) is 3.89. The topological polar surface area (TPSA) is 58.4 Å². The number of nitrogens with two attached hydrogens (primary N) is 1. The number of benzene rings is 1. The highest BCUT2D eigenvalue weighted by Crippen LogP contribution is 2.23. The monoisotopic (exact) mass is 261 g/mol. The Balaban J connectivity index is 2.06. The SMILES string of the molecule is Cc1cccc(NC(=O)N2CCCC(C)C2CN)c1. The number of rotatable bonds is 2. The quantitative estimate of drug-likeness (QED) is 0.859. The Bertz CT molecular complexity index is 447. The summed E-state index contributed by atoms with van der Waals surface area (Å²) in [5.74, 6) is 0.474. The van der Waals surface area contributed by atoms with Gasteiger partial charge < -0.3 is 16.0 Å². The molecule has 0 spiro atoms. The van der Waals surface area contributed by atoms with Crippen molar-refractivity contribution in [1.82, 2.24) is 4.90 Å². The fourth-order valence-corrected chi connectivity index (χ4v) is 2.78. The summed E-state index contributed by atoms with van der Waals surface area (Å²) in [6.07, 6.45) is 2.20. The van der Waals surface area contributed by atoms with Crippen LogP contribution in [0.5, 0.6) is 0 Å². The second-order valence-electron chi connectivity index (χ2n) is 5.42. The molecule has 0 aliphatic carbocycles. The first-order valence-corrected chi connectivity index (χ1v) is 6.96. The zero-order valence-electron chi connectivity index (χ0n) is 11.7. The minimum absolute atomic E-state index is 0.0346. The maximum Gasteiger partial charge on any atom is 0.322 e. The van der Waals surface area contributed by atoms with Crippen LogP contribution >= 0.6 is 0 Å². The molecule has 1 saturated heterocycles. The largest absolute Gasteiger partial charge is 0.328 e. The van der Waals surface area contributed by atoms with Gasteiger partial charge in [0.25, 0.3) is 0 Å². The van der Waals surface area contributed by atoms with Crippen LogP contribution in [0.2, 0.25) is 0 Å². The molecule has 1 fully saturated rings. The lowest BCUT2D eigenvalue weighted by Gasteiger charge is -2.39. The maximum absolute atomic E-state index is 12.4. The molecular formula is C15H23N3O. The molecule has 1 heterocycles. The zero-order chi connectivity index (χ0) is 13.8. The number of aryl methyl sites for hydroxylation is 1. The van der Waals surface area contributed by atoms with Crippen LogP contribution in [0.4, 0.5) is 10.5 Å². The second kappa shape index (κ2) is 6.06. The van der Waals surface area contributed by atoms with E-state index in [2.05, 4.69) is 12.2 Å². The average Bonchev–Trinajstić information content (AvgIpc) is 2.38. The number of anilines is 1. The highest BCUT2D eigenvalue weighted by molar-refractivity contribution is 5.89. The number of carbonyl (C=O) groups is 1. The van der Waals surface area contributed by atoms with E-state index in [1.54, 1.807) is 0 Å². The van der Waals surface area contributed by atoms with Gasteiger partial charge in [0, 0.05) is 24.8 Å². The second-order valence-corrected chi connectivity index (χ2v) is 5.42. The van der Waals surface area contributed by atoms with Crippen LogP contribution in [-0.4, -0.2) is 30.1 Å². The lowest BCUT2D eigenvalue weighted by atomic mass is 9.91. The van der Waals surface area contributed by atoms with Crippen molar-refractivity contribution in [3.63, 3.8) is 0 Å². The van der Waals surface area contributed by atoms with Gasteiger partial charge in [0.15, 0.2) is 0 Å². The van der Waals surface area contributed by atoms with E-state index in [0.29, 0.717) is 12.5 Å². The lowest BCUT2D eigenvalue weighted by Crippen LogP contribution is -2.52. The van der Waals surface area contributed by atoms with E-state index in [9.17, 15) is 4.79 Å². The summed E-state index contributed by atoms with van der Waals surface area (Å²) >= 11 is 0. The number of hydrogen-bond donors (Lipinski definition) is 2. The first kappa shape index (κ1) is 13.9. The molecule has 2 rings (SSSR count). The summed E-state index contributed by atoms with van der Waals surface area (Å²) in [6, 6.07) is 7.97. The van der Waals surface area contributed by atoms with Crippen molar-refractivity contribution in [2.75, 3.05) is 18.4 Å². The standard InChI is InChI=1S/C15H23N3O/c1-11-5-3-7-13(9-11)17-15(19)18-8-4-6-12(2)14(18)10-16/h3,5,7,9,12,14H,4,6,8,10,16H2,1-2H3,(H,17,19). The Hall–Kier alpha value is -1.55. The summed E-state index contributed by atoms with van der Waals surface area (Å²) in [7, 11) is 0. The van der Waals surface area contributed by atoms with Crippen molar-refractivity contribution in [2.45, 2.75) is 32.7 Å². The molecule has 2 atom stereocenters. The Morgan fingerprint density at radius 1 is 1.53 bits per heavy atom. The zero-order valence-corrected chi connectivity index (χ0v) is 11.7. The van der Waals surface area contributed by atoms with Crippen LogP contribution in [0.1, 0.15) is 25.3 Å². The van der Waals surface area contributed by atoms with Gasteiger partial charge in [0.05, 0.1) is 0 Å². The summed E-state index contributed by atoms with van der Waals surface area (Å²) in [4.78, 5) is 14.2. The highest BCUT2D eigenvalue weighted by atomic mass is 16.2. The van der Waals surface area contributed by atoms with Crippen molar-refractivity contribution in [3.8, 4) is 0 Å². The molecule has 4 nitrogen and oxygen atoms in total. The molecule has 0 radical (unpaired) electrons. The molecule has 1 aliphatic heterocycles. The smallest absolute Gasteiger partial charge is 0.322 e. The fourth-order valence-electron chi connectivity index (χ4n) is 2.78. The molecule has 1 aliphatic rings. The van der Waals surface area contributed by atoms with Gasteiger partial charge in [-0.2, -0.15) is 0 Å². The van der Waals surface area contributed by atoms with Gasteiger partial charge in [0.2, 0.25) is 0 Å². The molecule has 2 unspecified atom stereocenters. The highest BCUT2D eigenvalue weighted by Gasteiger charge is 2.30. The van der Waals surface area contributed by atoms with Crippen molar-refractivity contribution < 1.29 is 4.79 Å². The number of amides is 2. The van der Waals surface area contributed by atoms with Crippen LogP contribution in [0, 0.1) is 12.8 Å². The molecule has 0 saturated carbocycles. The van der Waals surface area contributed by atoms with Crippen LogP contribution in [0.3, 0.4) is 0 Å². The molecule has 4 heteroatoms. The van der Waals surface area contributed by atoms with Gasteiger partial charge >= 0.3 is 6.03 Å². The first-order valence-electron chi connectivity index (χ1n) is 6.96. The van der Waals surface area contributed by atoms with E-state index in [-0.39, 0.29) is 12.1 Å². The van der Waals surface area contributed by atoms with E-state index in [4.69, 9.17) is 5.73 Å². The molecule has 19 heavy (non-hydrogen) atoms. The third kappa shape index (κ3) is 3.26. The Labute approximate surface area is 115 Å². The van der Waals surface area contributed by atoms with Gasteiger partial charge in [-0.05, 0) is 43.4 Å². The summed E-state index contributed by atoms with van der Waals surface area (Å²) in [6.45, 7) is 5.51. The fraction of sp³-hybridized carbons (Fsp3) is 0.533. The Morgan fingerprint density at radius 2 is 2.32 bits per heavy atom. The normalized spacial score (nSPS) is 23.2. The van der Waals surface area contributed by atoms with Crippen LogP contribution < -0.4 is 11.1 Å². The minimum atomic E-state index is -0.0346. The number of nitrogens with one attached hydrogen (secondary N) is 1. The molecule has 1 aromatic rings. The third-order valence-corrected chi connectivity index (χ3v) is 3.89. The molecule has 0 bridgehead atoms. The Morgan fingerprint density at radius 3 is 3.00 bits per heavy atom. The summed E-state index contributed by atoms with van der Waals surface area (Å²) in [5, 5.41) is 2.97. The number of hydrogen-bond acceptors (Lipinski definition) is 2. The maximum atomic E-state index is 12.4. The number of urea groups is 1. The van der Waals surface area contributed by atoms with Gasteiger partial charge in [-0.1, -0.05) is 19.1 Å². The molecule has 3 N–H and O–H groups in total. The van der Waals surface area contributed by atoms with Gasteiger partial charge in [0.1, 0.15) is 0 Å². The summed E-state index contributed by atoms with van der Waals surface area (Å²) in [5.41, 5.74) is 7.80. The Kier molecular flexibility index (Phi) is 4.43. The number of carbonyl (C=O) groups excluding carboxylic acids is 1. The van der Waals surface area contributed by atoms with Crippen LogP contribution in [0.15, 0.2) is 24.3 Å². The van der Waals surface area contributed by atoms with E-state index in [1.807, 2.05) is 36.1 Å². The van der Waals surface area contributed by atoms with Crippen molar-refractivity contribution in [1.29, 1.82) is 0 Å². The number of nitrogens with zero attached hydrogens (tertiary/aromatic N) is 1. The van der Waals surface area contributed by atoms with Crippen LogP contribution in [-0.2, 0) is 0 Å². The number of piperidine rings is 1. The van der Waals surface area contributed by atoms with Gasteiger partial charge in [-0.3, -0.25) is 0 Å². The van der Waals surface area contributed by atoms with Crippen molar-refractivity contribution in [2.24, 2.45) is 11.7 Å². The van der Waals surface area contributed by atoms with Gasteiger partial charge in [-0.25, -0.2) is 4.79 Å². The van der Waals surface area contributed by atoms with E-state index < -0.39 is 0 Å². The van der Waals surface area contributed by atoms with E-state index in [0.717, 1.165) is 30.6 Å². The molecule has 0 aromatic heterocycles. The molecule has 2 amide bonds. The minimum Gasteiger partial charge on any atom is -0.328 e. The van der Waals surface area contributed by atoms with E-state index in [1.165, 1.54) is 0 Å². The van der Waals surface area contributed by atoms with E-state index >= 15 is 0 Å². The average molecular weight is 261 g/mol. The molecular weight excluding hydrogens is 238 g/mol. The van der Waals surface area contributed by atoms with Gasteiger partial charge in [-0.15, -0.1) is 0 Å². The lowest BCUT2D eigenvalue weighted by molar-refractivity contribution is 0.133. The first-order chi connectivity index (χ1) is 9.11. The predicted molar refractivity (Wildman–Crippen MR) is 78.1 cm³/mol. The van der Waals surface area contributed by atoms with Crippen molar-refractivity contribution in [3.05, 3.63) is 29.8 Å². The molecule has 1 aromatic carbocycles. The van der Waals surface area contributed by atoms with Crippen molar-refractivity contribution >= 4 is 11.7 Å². The predicted octanol–water partition coefficient (Wildman–Crippen LogP) is 2.59. The molecule has 104 valence electrons. The number of likely N-dealkylation sites (tertiary alicyclic amines) is 1.